The Morgan fingerprint density at radius 2 is 2.15 bits per heavy atom. The third kappa shape index (κ3) is 3.41. The molecule has 1 aromatic carbocycles. The molecule has 0 saturated heterocycles. The van der Waals surface area contributed by atoms with Crippen LogP contribution in [0.4, 0.5) is 0 Å². The SMILES string of the molecule is O=Cc1ccccc1SCCCCl. The Kier molecular flexibility index (Phi) is 4.94. The van der Waals surface area contributed by atoms with E-state index in [1.54, 1.807) is 11.8 Å². The molecule has 1 rings (SSSR count). The maximum absolute atomic E-state index is 10.6. The van der Waals surface area contributed by atoms with Crippen LogP contribution in [-0.2, 0) is 0 Å². The number of alkyl halides is 1. The molecule has 0 N–H and O–H groups in total. The van der Waals surface area contributed by atoms with Crippen molar-refractivity contribution in [2.75, 3.05) is 11.6 Å². The van der Waals surface area contributed by atoms with Crippen molar-refractivity contribution in [1.82, 2.24) is 0 Å². The molecule has 0 amide bonds. The van der Waals surface area contributed by atoms with Crippen molar-refractivity contribution >= 4 is 29.6 Å². The number of aldehydes is 1. The second-order valence-corrected chi connectivity index (χ2v) is 4.06. The molecule has 0 fully saturated rings. The van der Waals surface area contributed by atoms with Crippen LogP contribution in [0.3, 0.4) is 0 Å². The molecule has 0 aliphatic rings. The van der Waals surface area contributed by atoms with Crippen LogP contribution in [0.1, 0.15) is 16.8 Å². The predicted molar refractivity (Wildman–Crippen MR) is 57.9 cm³/mol. The first kappa shape index (κ1) is 10.6. The van der Waals surface area contributed by atoms with Gasteiger partial charge < -0.3 is 0 Å². The van der Waals surface area contributed by atoms with Gasteiger partial charge in [-0.15, -0.1) is 23.4 Å². The smallest absolute Gasteiger partial charge is 0.151 e. The van der Waals surface area contributed by atoms with Gasteiger partial charge in [-0.3, -0.25) is 4.79 Å². The molecule has 3 heteroatoms. The summed E-state index contributed by atoms with van der Waals surface area (Å²) in [5.74, 6) is 1.64. The Bertz CT molecular complexity index is 275. The van der Waals surface area contributed by atoms with E-state index in [0.29, 0.717) is 5.88 Å². The molecule has 0 spiro atoms. The third-order valence-electron chi connectivity index (χ3n) is 1.58. The molecule has 13 heavy (non-hydrogen) atoms. The van der Waals surface area contributed by atoms with Crippen LogP contribution in [0.15, 0.2) is 29.2 Å². The van der Waals surface area contributed by atoms with Crippen molar-refractivity contribution in [3.05, 3.63) is 29.8 Å². The molecule has 0 aliphatic carbocycles. The number of thioether (sulfide) groups is 1. The normalized spacial score (nSPS) is 9.92. The van der Waals surface area contributed by atoms with Gasteiger partial charge in [-0.2, -0.15) is 0 Å². The van der Waals surface area contributed by atoms with E-state index in [1.165, 1.54) is 0 Å². The van der Waals surface area contributed by atoms with Gasteiger partial charge in [-0.05, 0) is 18.2 Å². The molecule has 70 valence electrons. The van der Waals surface area contributed by atoms with Crippen LogP contribution >= 0.6 is 23.4 Å². The summed E-state index contributed by atoms with van der Waals surface area (Å²) < 4.78 is 0. The van der Waals surface area contributed by atoms with Gasteiger partial charge in [0, 0.05) is 16.3 Å². The van der Waals surface area contributed by atoms with Gasteiger partial charge in [0.25, 0.3) is 0 Å². The monoisotopic (exact) mass is 214 g/mol. The maximum atomic E-state index is 10.6. The lowest BCUT2D eigenvalue weighted by Crippen LogP contribution is -1.86. The first-order valence-corrected chi connectivity index (χ1v) is 5.63. The summed E-state index contributed by atoms with van der Waals surface area (Å²) in [5.41, 5.74) is 0.766. The molecule has 0 saturated carbocycles. The highest BCUT2D eigenvalue weighted by Gasteiger charge is 1.99. The zero-order valence-corrected chi connectivity index (χ0v) is 8.77. The van der Waals surface area contributed by atoms with E-state index in [1.807, 2.05) is 24.3 Å². The Balaban J connectivity index is 2.59. The van der Waals surface area contributed by atoms with Gasteiger partial charge in [-0.25, -0.2) is 0 Å². The second-order valence-electron chi connectivity index (χ2n) is 2.55. The fourth-order valence-corrected chi connectivity index (χ4v) is 2.20. The lowest BCUT2D eigenvalue weighted by atomic mass is 10.2. The van der Waals surface area contributed by atoms with Crippen molar-refractivity contribution in [1.29, 1.82) is 0 Å². The summed E-state index contributed by atoms with van der Waals surface area (Å²) in [6.45, 7) is 0. The van der Waals surface area contributed by atoms with Crippen LogP contribution in [-0.4, -0.2) is 17.9 Å². The molecular formula is C10H11ClOS. The maximum Gasteiger partial charge on any atom is 0.151 e. The molecule has 0 heterocycles. The Hall–Kier alpha value is -0.470. The Morgan fingerprint density at radius 1 is 1.38 bits per heavy atom. The third-order valence-corrected chi connectivity index (χ3v) is 3.02. The number of rotatable bonds is 5. The molecular weight excluding hydrogens is 204 g/mol. The molecule has 1 nitrogen and oxygen atoms in total. The number of carbonyl (C=O) groups is 1. The highest BCUT2D eigenvalue weighted by atomic mass is 35.5. The first-order valence-electron chi connectivity index (χ1n) is 4.11. The number of benzene rings is 1. The number of hydrogen-bond donors (Lipinski definition) is 0. The summed E-state index contributed by atoms with van der Waals surface area (Å²) in [6, 6.07) is 7.60. The minimum Gasteiger partial charge on any atom is -0.298 e. The van der Waals surface area contributed by atoms with Gasteiger partial charge in [-0.1, -0.05) is 18.2 Å². The quantitative estimate of drug-likeness (QED) is 0.324. The Morgan fingerprint density at radius 3 is 2.85 bits per heavy atom. The van der Waals surface area contributed by atoms with Crippen molar-refractivity contribution < 1.29 is 4.79 Å². The van der Waals surface area contributed by atoms with Crippen LogP contribution in [0.2, 0.25) is 0 Å². The van der Waals surface area contributed by atoms with Crippen LogP contribution in [0.25, 0.3) is 0 Å². The average molecular weight is 215 g/mol. The van der Waals surface area contributed by atoms with E-state index in [9.17, 15) is 4.79 Å². The van der Waals surface area contributed by atoms with Crippen molar-refractivity contribution in [3.8, 4) is 0 Å². The topological polar surface area (TPSA) is 17.1 Å². The molecule has 0 unspecified atom stereocenters. The summed E-state index contributed by atoms with van der Waals surface area (Å²) in [5, 5.41) is 0. The fraction of sp³-hybridized carbons (Fsp3) is 0.300. The van der Waals surface area contributed by atoms with Gasteiger partial charge in [0.1, 0.15) is 0 Å². The van der Waals surface area contributed by atoms with E-state index in [0.717, 1.165) is 28.9 Å². The molecule has 0 bridgehead atoms. The van der Waals surface area contributed by atoms with Crippen molar-refractivity contribution in [2.45, 2.75) is 11.3 Å². The van der Waals surface area contributed by atoms with Crippen molar-refractivity contribution in [3.63, 3.8) is 0 Å². The van der Waals surface area contributed by atoms with Crippen molar-refractivity contribution in [2.24, 2.45) is 0 Å². The minimum atomic E-state index is 0.677. The lowest BCUT2D eigenvalue weighted by Gasteiger charge is -2.02. The minimum absolute atomic E-state index is 0.677. The molecule has 0 radical (unpaired) electrons. The first-order chi connectivity index (χ1) is 6.38. The lowest BCUT2D eigenvalue weighted by molar-refractivity contribution is 0.112. The van der Waals surface area contributed by atoms with E-state index >= 15 is 0 Å². The number of halogens is 1. The predicted octanol–water partition coefficient (Wildman–Crippen LogP) is 3.22. The van der Waals surface area contributed by atoms with E-state index in [4.69, 9.17) is 11.6 Å². The van der Waals surface area contributed by atoms with Gasteiger partial charge >= 0.3 is 0 Å². The summed E-state index contributed by atoms with van der Waals surface area (Å²) >= 11 is 7.24. The number of hydrogen-bond acceptors (Lipinski definition) is 2. The summed E-state index contributed by atoms with van der Waals surface area (Å²) in [7, 11) is 0. The van der Waals surface area contributed by atoms with E-state index in [-0.39, 0.29) is 0 Å². The molecule has 0 aliphatic heterocycles. The molecule has 0 aromatic heterocycles. The number of carbonyl (C=O) groups excluding carboxylic acids is 1. The van der Waals surface area contributed by atoms with Gasteiger partial charge in [0.05, 0.1) is 0 Å². The molecule has 1 aromatic rings. The van der Waals surface area contributed by atoms with Crippen LogP contribution in [0.5, 0.6) is 0 Å². The van der Waals surface area contributed by atoms with Gasteiger partial charge in [0.15, 0.2) is 6.29 Å². The highest BCUT2D eigenvalue weighted by Crippen LogP contribution is 2.21. The zero-order chi connectivity index (χ0) is 9.52. The highest BCUT2D eigenvalue weighted by molar-refractivity contribution is 7.99. The zero-order valence-electron chi connectivity index (χ0n) is 7.20. The second kappa shape index (κ2) is 6.06. The fourth-order valence-electron chi connectivity index (χ4n) is 0.946. The average Bonchev–Trinajstić information content (AvgIpc) is 2.19. The van der Waals surface area contributed by atoms with Crippen LogP contribution < -0.4 is 0 Å². The van der Waals surface area contributed by atoms with Gasteiger partial charge in [0.2, 0.25) is 0 Å². The molecule has 0 atom stereocenters. The Labute approximate surface area is 87.5 Å². The van der Waals surface area contributed by atoms with E-state index < -0.39 is 0 Å². The largest absolute Gasteiger partial charge is 0.298 e. The standard InChI is InChI=1S/C10H11ClOS/c11-6-3-7-13-10-5-2-1-4-9(10)8-12/h1-2,4-5,8H,3,6-7H2. The summed E-state index contributed by atoms with van der Waals surface area (Å²) in [6.07, 6.45) is 1.86. The van der Waals surface area contributed by atoms with Crippen LogP contribution in [0, 0.1) is 0 Å². The van der Waals surface area contributed by atoms with E-state index in [2.05, 4.69) is 0 Å². The summed E-state index contributed by atoms with van der Waals surface area (Å²) in [4.78, 5) is 11.7.